The van der Waals surface area contributed by atoms with Gasteiger partial charge < -0.3 is 10.2 Å². The van der Waals surface area contributed by atoms with Crippen LogP contribution < -0.4 is 10.2 Å². The van der Waals surface area contributed by atoms with Gasteiger partial charge in [0, 0.05) is 24.6 Å². The molecule has 0 atom stereocenters. The first-order valence-electron chi connectivity index (χ1n) is 7.95. The van der Waals surface area contributed by atoms with Crippen LogP contribution in [0.5, 0.6) is 0 Å². The monoisotopic (exact) mass is 406 g/mol. The molecule has 1 aliphatic heterocycles. The van der Waals surface area contributed by atoms with Crippen molar-refractivity contribution >= 4 is 52.0 Å². The van der Waals surface area contributed by atoms with E-state index in [2.05, 4.69) is 25.3 Å². The standard InChI is InChI=1S/C16H15ClN6OS2/c17-14-2-1-13(26-14)15(24)21-11-7-20-23(10-11)16-18-8-12(9-19-16)22-3-5-25-6-4-22/h1-2,7-10H,3-6H2,(H,21,24). The number of carbonyl (C=O) groups is 1. The second kappa shape index (κ2) is 7.65. The Bertz CT molecular complexity index is 904. The number of aromatic nitrogens is 4. The predicted molar refractivity (Wildman–Crippen MR) is 106 cm³/mol. The number of thioether (sulfide) groups is 1. The Labute approximate surface area is 163 Å². The van der Waals surface area contributed by atoms with Crippen molar-refractivity contribution in [1.82, 2.24) is 19.7 Å². The van der Waals surface area contributed by atoms with Crippen LogP contribution in [0.4, 0.5) is 11.4 Å². The zero-order valence-electron chi connectivity index (χ0n) is 13.6. The van der Waals surface area contributed by atoms with Crippen LogP contribution in [-0.4, -0.2) is 50.3 Å². The Kier molecular flexibility index (Phi) is 5.09. The number of anilines is 2. The predicted octanol–water partition coefficient (Wildman–Crippen LogP) is 3.18. The topological polar surface area (TPSA) is 75.9 Å². The molecule has 4 rings (SSSR count). The number of rotatable bonds is 4. The van der Waals surface area contributed by atoms with E-state index in [4.69, 9.17) is 11.6 Å². The molecule has 7 nitrogen and oxygen atoms in total. The van der Waals surface area contributed by atoms with Crippen molar-refractivity contribution < 1.29 is 4.79 Å². The molecule has 0 unspecified atom stereocenters. The largest absolute Gasteiger partial charge is 0.367 e. The molecular formula is C16H15ClN6OS2. The Morgan fingerprint density at radius 1 is 1.15 bits per heavy atom. The molecule has 1 amide bonds. The van der Waals surface area contributed by atoms with Gasteiger partial charge in [-0.2, -0.15) is 16.9 Å². The number of carbonyl (C=O) groups excluding carboxylic acids is 1. The molecule has 1 aliphatic rings. The third-order valence-corrected chi connectivity index (χ3v) is 6.02. The van der Waals surface area contributed by atoms with Crippen LogP contribution in [0, 0.1) is 0 Å². The second-order valence-corrected chi connectivity index (χ2v) is 8.51. The van der Waals surface area contributed by atoms with Gasteiger partial charge in [0.2, 0.25) is 0 Å². The SMILES string of the molecule is O=C(Nc1cnn(-c2ncc(N3CCSCC3)cn2)c1)c1ccc(Cl)s1. The van der Waals surface area contributed by atoms with Crippen molar-refractivity contribution in [1.29, 1.82) is 0 Å². The highest BCUT2D eigenvalue weighted by molar-refractivity contribution is 7.99. The van der Waals surface area contributed by atoms with Gasteiger partial charge in [-0.25, -0.2) is 14.6 Å². The normalized spacial score (nSPS) is 14.4. The summed E-state index contributed by atoms with van der Waals surface area (Å²) in [6.07, 6.45) is 6.86. The van der Waals surface area contributed by atoms with Gasteiger partial charge in [-0.05, 0) is 12.1 Å². The smallest absolute Gasteiger partial charge is 0.265 e. The number of amides is 1. The molecule has 134 valence electrons. The van der Waals surface area contributed by atoms with Crippen molar-refractivity contribution in [3.63, 3.8) is 0 Å². The fourth-order valence-electron chi connectivity index (χ4n) is 2.54. The summed E-state index contributed by atoms with van der Waals surface area (Å²) in [6, 6.07) is 3.38. The van der Waals surface area contributed by atoms with E-state index < -0.39 is 0 Å². The molecule has 0 bridgehead atoms. The molecule has 3 aromatic heterocycles. The summed E-state index contributed by atoms with van der Waals surface area (Å²) >= 11 is 9.05. The summed E-state index contributed by atoms with van der Waals surface area (Å²) in [5, 5.41) is 7.01. The molecular weight excluding hydrogens is 392 g/mol. The van der Waals surface area contributed by atoms with Crippen LogP contribution in [0.15, 0.2) is 36.9 Å². The summed E-state index contributed by atoms with van der Waals surface area (Å²) in [4.78, 5) is 23.8. The number of halogens is 1. The summed E-state index contributed by atoms with van der Waals surface area (Å²) in [7, 11) is 0. The number of hydrogen-bond donors (Lipinski definition) is 1. The van der Waals surface area contributed by atoms with Gasteiger partial charge in [-0.3, -0.25) is 4.79 Å². The molecule has 0 radical (unpaired) electrons. The molecule has 26 heavy (non-hydrogen) atoms. The molecule has 0 spiro atoms. The lowest BCUT2D eigenvalue weighted by Crippen LogP contribution is -2.32. The zero-order valence-corrected chi connectivity index (χ0v) is 16.0. The first-order valence-corrected chi connectivity index (χ1v) is 10.3. The van der Waals surface area contributed by atoms with Crippen LogP contribution in [0.1, 0.15) is 9.67 Å². The fraction of sp³-hybridized carbons (Fsp3) is 0.250. The summed E-state index contributed by atoms with van der Waals surface area (Å²) in [6.45, 7) is 2.02. The van der Waals surface area contributed by atoms with Crippen molar-refractivity contribution in [2.75, 3.05) is 34.8 Å². The highest BCUT2D eigenvalue weighted by Gasteiger charge is 2.13. The minimum absolute atomic E-state index is 0.222. The molecule has 0 aromatic carbocycles. The minimum atomic E-state index is -0.222. The van der Waals surface area contributed by atoms with E-state index in [1.54, 1.807) is 24.5 Å². The van der Waals surface area contributed by atoms with Gasteiger partial charge in [0.15, 0.2) is 0 Å². The number of hydrogen-bond acceptors (Lipinski definition) is 7. The Balaban J connectivity index is 1.44. The van der Waals surface area contributed by atoms with Crippen LogP contribution in [-0.2, 0) is 0 Å². The number of nitrogens with one attached hydrogen (secondary N) is 1. The lowest BCUT2D eigenvalue weighted by molar-refractivity contribution is 0.103. The quantitative estimate of drug-likeness (QED) is 0.717. The third kappa shape index (κ3) is 3.84. The number of nitrogens with zero attached hydrogens (tertiary/aromatic N) is 5. The van der Waals surface area contributed by atoms with Gasteiger partial charge in [0.25, 0.3) is 11.9 Å². The van der Waals surface area contributed by atoms with E-state index in [-0.39, 0.29) is 5.91 Å². The maximum absolute atomic E-state index is 12.2. The third-order valence-electron chi connectivity index (χ3n) is 3.84. The van der Waals surface area contributed by atoms with E-state index in [0.717, 1.165) is 30.3 Å². The van der Waals surface area contributed by atoms with Gasteiger partial charge >= 0.3 is 0 Å². The van der Waals surface area contributed by atoms with Gasteiger partial charge in [0.05, 0.1) is 45.4 Å². The van der Waals surface area contributed by atoms with Gasteiger partial charge in [-0.15, -0.1) is 11.3 Å². The lowest BCUT2D eigenvalue weighted by Gasteiger charge is -2.27. The molecule has 1 N–H and O–H groups in total. The molecule has 0 aliphatic carbocycles. The van der Waals surface area contributed by atoms with E-state index in [1.807, 2.05) is 24.2 Å². The average Bonchev–Trinajstić information content (AvgIpc) is 3.32. The van der Waals surface area contributed by atoms with Gasteiger partial charge in [-0.1, -0.05) is 11.6 Å². The van der Waals surface area contributed by atoms with Gasteiger partial charge in [0.1, 0.15) is 0 Å². The summed E-state index contributed by atoms with van der Waals surface area (Å²) in [5.41, 5.74) is 1.59. The lowest BCUT2D eigenvalue weighted by atomic mass is 10.4. The summed E-state index contributed by atoms with van der Waals surface area (Å²) in [5.74, 6) is 2.49. The Hall–Kier alpha value is -2.10. The van der Waals surface area contributed by atoms with Crippen LogP contribution in [0.3, 0.4) is 0 Å². The zero-order chi connectivity index (χ0) is 17.9. The maximum Gasteiger partial charge on any atom is 0.265 e. The highest BCUT2D eigenvalue weighted by Crippen LogP contribution is 2.22. The number of thiophene rings is 1. The van der Waals surface area contributed by atoms with Crippen LogP contribution in [0.25, 0.3) is 5.95 Å². The Morgan fingerprint density at radius 3 is 2.62 bits per heavy atom. The average molecular weight is 407 g/mol. The Morgan fingerprint density at radius 2 is 1.92 bits per heavy atom. The van der Waals surface area contributed by atoms with Crippen molar-refractivity contribution in [3.8, 4) is 5.95 Å². The minimum Gasteiger partial charge on any atom is -0.367 e. The van der Waals surface area contributed by atoms with Crippen LogP contribution >= 0.6 is 34.7 Å². The van der Waals surface area contributed by atoms with Crippen molar-refractivity contribution in [2.24, 2.45) is 0 Å². The van der Waals surface area contributed by atoms with E-state index >= 15 is 0 Å². The fourth-order valence-corrected chi connectivity index (χ4v) is 4.38. The first-order chi connectivity index (χ1) is 12.7. The second-order valence-electron chi connectivity index (χ2n) is 5.57. The highest BCUT2D eigenvalue weighted by atomic mass is 35.5. The maximum atomic E-state index is 12.2. The molecule has 1 saturated heterocycles. The molecule has 4 heterocycles. The van der Waals surface area contributed by atoms with Crippen molar-refractivity contribution in [3.05, 3.63) is 46.1 Å². The molecule has 1 fully saturated rings. The van der Waals surface area contributed by atoms with E-state index in [9.17, 15) is 4.79 Å². The summed E-state index contributed by atoms with van der Waals surface area (Å²) < 4.78 is 2.11. The molecule has 0 saturated carbocycles. The van der Waals surface area contributed by atoms with Crippen LogP contribution in [0.2, 0.25) is 4.34 Å². The molecule has 10 heteroatoms. The van der Waals surface area contributed by atoms with E-state index in [1.165, 1.54) is 16.0 Å². The van der Waals surface area contributed by atoms with E-state index in [0.29, 0.717) is 20.8 Å². The first kappa shape index (κ1) is 17.3. The molecule has 3 aromatic rings. The van der Waals surface area contributed by atoms with Crippen molar-refractivity contribution in [2.45, 2.75) is 0 Å².